The van der Waals surface area contributed by atoms with E-state index in [0.29, 0.717) is 21.5 Å². The van der Waals surface area contributed by atoms with Crippen molar-refractivity contribution >= 4 is 51.7 Å². The second-order valence-electron chi connectivity index (χ2n) is 7.26. The number of amides is 1. The van der Waals surface area contributed by atoms with Gasteiger partial charge in [0.1, 0.15) is 5.76 Å². The number of carbonyl (C=O) groups excluding carboxylic acids is 2. The van der Waals surface area contributed by atoms with E-state index in [2.05, 4.69) is 17.8 Å². The Labute approximate surface area is 186 Å². The zero-order valence-corrected chi connectivity index (χ0v) is 19.2. The van der Waals surface area contributed by atoms with Crippen LogP contribution < -0.4 is 10.9 Å². The first-order valence-electron chi connectivity index (χ1n) is 9.92. The van der Waals surface area contributed by atoms with Crippen LogP contribution in [0.4, 0.5) is 5.69 Å². The summed E-state index contributed by atoms with van der Waals surface area (Å²) in [5, 5.41) is 0.876. The Morgan fingerprint density at radius 3 is 2.62 bits per heavy atom. The predicted molar refractivity (Wildman–Crippen MR) is 121 cm³/mol. The lowest BCUT2D eigenvalue weighted by atomic mass is 9.99. The molecule has 1 aromatic carbocycles. The van der Waals surface area contributed by atoms with Gasteiger partial charge in [0, 0.05) is 11.1 Å². The Morgan fingerprint density at radius 1 is 1.17 bits per heavy atom. The van der Waals surface area contributed by atoms with Crippen molar-refractivity contribution in [2.45, 2.75) is 63.5 Å². The summed E-state index contributed by atoms with van der Waals surface area (Å²) in [6.45, 7) is 4.01. The van der Waals surface area contributed by atoms with Gasteiger partial charge in [0.05, 0.1) is 15.5 Å². The third-order valence-electron chi connectivity index (χ3n) is 4.73. The van der Waals surface area contributed by atoms with Crippen molar-refractivity contribution in [2.24, 2.45) is 0 Å². The van der Waals surface area contributed by atoms with Crippen LogP contribution in [0.3, 0.4) is 0 Å². The minimum Gasteiger partial charge on any atom is -0.486 e. The largest absolute Gasteiger partial charge is 0.486 e. The molecular formula is C21H28Cl2N2O3S. The third kappa shape index (κ3) is 7.76. The van der Waals surface area contributed by atoms with Crippen LogP contribution in [-0.4, -0.2) is 22.4 Å². The Balaban J connectivity index is 1.78. The molecule has 5 nitrogen and oxygen atoms in total. The zero-order chi connectivity index (χ0) is 21.3. The molecule has 0 spiro atoms. The summed E-state index contributed by atoms with van der Waals surface area (Å²) in [6.07, 6.45) is 9.48. The van der Waals surface area contributed by atoms with Crippen molar-refractivity contribution in [2.75, 3.05) is 12.0 Å². The van der Waals surface area contributed by atoms with E-state index in [-0.39, 0.29) is 17.6 Å². The van der Waals surface area contributed by atoms with Gasteiger partial charge in [0.2, 0.25) is 5.12 Å². The first-order valence-corrected chi connectivity index (χ1v) is 11.5. The minimum atomic E-state index is -0.408. The molecule has 1 amide bonds. The van der Waals surface area contributed by atoms with Crippen molar-refractivity contribution < 1.29 is 14.3 Å². The second kappa shape index (κ2) is 11.7. The first kappa shape index (κ1) is 23.9. The Morgan fingerprint density at radius 2 is 1.90 bits per heavy atom. The molecule has 0 aliphatic carbocycles. The molecule has 29 heavy (non-hydrogen) atoms. The average Bonchev–Trinajstić information content (AvgIpc) is 2.95. The van der Waals surface area contributed by atoms with E-state index in [4.69, 9.17) is 27.9 Å². The number of ether oxygens (including phenoxy) is 1. The van der Waals surface area contributed by atoms with Gasteiger partial charge < -0.3 is 4.74 Å². The maximum absolute atomic E-state index is 12.1. The number of benzene rings is 1. The lowest BCUT2D eigenvalue weighted by Crippen LogP contribution is -2.34. The van der Waals surface area contributed by atoms with Crippen LogP contribution in [-0.2, 0) is 14.3 Å². The van der Waals surface area contributed by atoms with Crippen LogP contribution >= 0.6 is 35.0 Å². The molecule has 160 valence electrons. The van der Waals surface area contributed by atoms with Gasteiger partial charge in [-0.15, -0.1) is 0 Å². The summed E-state index contributed by atoms with van der Waals surface area (Å²) in [7, 11) is 0. The lowest BCUT2D eigenvalue weighted by Gasteiger charge is -2.26. The predicted octanol–water partition coefficient (Wildman–Crippen LogP) is 6.12. The molecule has 1 aromatic rings. The second-order valence-corrected chi connectivity index (χ2v) is 9.62. The summed E-state index contributed by atoms with van der Waals surface area (Å²) in [4.78, 5) is 24.0. The number of thioether (sulfide) groups is 1. The summed E-state index contributed by atoms with van der Waals surface area (Å²) in [5.41, 5.74) is 5.81. The van der Waals surface area contributed by atoms with Crippen LogP contribution in [0, 0.1) is 0 Å². The Kier molecular flexibility index (Phi) is 9.66. The highest BCUT2D eigenvalue weighted by molar-refractivity contribution is 8.15. The number of carbonyl (C=O) groups is 2. The van der Waals surface area contributed by atoms with Gasteiger partial charge in [-0.05, 0) is 31.5 Å². The number of rotatable bonds is 12. The van der Waals surface area contributed by atoms with Crippen molar-refractivity contribution in [3.8, 4) is 0 Å². The van der Waals surface area contributed by atoms with E-state index in [9.17, 15) is 9.59 Å². The Hall–Kier alpha value is -1.37. The average molecular weight is 459 g/mol. The molecule has 0 saturated carbocycles. The first-order chi connectivity index (χ1) is 13.8. The number of unbranched alkanes of at least 4 members (excludes halogenated alkanes) is 5. The fraction of sp³-hybridized carbons (Fsp3) is 0.524. The zero-order valence-electron chi connectivity index (χ0n) is 16.9. The van der Waals surface area contributed by atoms with Crippen LogP contribution in [0.1, 0.15) is 58.8 Å². The molecule has 0 aromatic heterocycles. The van der Waals surface area contributed by atoms with Crippen LogP contribution in [0.2, 0.25) is 10.0 Å². The normalized spacial score (nSPS) is 18.5. The van der Waals surface area contributed by atoms with Crippen molar-refractivity contribution in [3.63, 3.8) is 0 Å². The smallest absolute Gasteiger partial charge is 0.276 e. The van der Waals surface area contributed by atoms with E-state index < -0.39 is 4.75 Å². The number of halogens is 2. The molecule has 8 heteroatoms. The molecule has 1 unspecified atom stereocenters. The third-order valence-corrected chi connectivity index (χ3v) is 6.45. The number of nitrogens with one attached hydrogen (secondary N) is 2. The topological polar surface area (TPSA) is 67.4 Å². The highest BCUT2D eigenvalue weighted by Gasteiger charge is 2.39. The molecule has 2 rings (SSSR count). The van der Waals surface area contributed by atoms with E-state index in [1.807, 2.05) is 6.92 Å². The molecule has 0 radical (unpaired) electrons. The summed E-state index contributed by atoms with van der Waals surface area (Å²) in [6, 6.07) is 4.91. The summed E-state index contributed by atoms with van der Waals surface area (Å²) in [5.74, 6) is 0.198. The van der Waals surface area contributed by atoms with Gasteiger partial charge in [0.25, 0.3) is 5.91 Å². The van der Waals surface area contributed by atoms with Crippen LogP contribution in [0.25, 0.3) is 0 Å². The maximum Gasteiger partial charge on any atom is 0.276 e. The van der Waals surface area contributed by atoms with Gasteiger partial charge in [-0.25, -0.2) is 0 Å². The van der Waals surface area contributed by atoms with Gasteiger partial charge in [0.15, 0.2) is 6.61 Å². The number of hydrogen-bond donors (Lipinski definition) is 2. The standard InChI is InChI=1S/C21H28Cl2N2O3S/c1-3-4-5-6-7-8-11-21(2)18(13-20(27)29-21)28-14-19(26)25-24-17-10-9-15(22)12-16(17)23/h9-10,12-13,24H,3-8,11,14H2,1-2H3,(H,25,26). The molecule has 1 aliphatic heterocycles. The quantitative estimate of drug-likeness (QED) is 0.291. The molecule has 0 saturated heterocycles. The lowest BCUT2D eigenvalue weighted by molar-refractivity contribution is -0.124. The van der Waals surface area contributed by atoms with Gasteiger partial charge in [-0.2, -0.15) is 0 Å². The van der Waals surface area contributed by atoms with Crippen LogP contribution in [0.5, 0.6) is 0 Å². The van der Waals surface area contributed by atoms with Gasteiger partial charge in [-0.1, -0.05) is 80.4 Å². The highest BCUT2D eigenvalue weighted by Crippen LogP contribution is 2.44. The van der Waals surface area contributed by atoms with E-state index in [0.717, 1.165) is 19.3 Å². The summed E-state index contributed by atoms with van der Waals surface area (Å²) < 4.78 is 5.29. The molecule has 2 N–H and O–H groups in total. The minimum absolute atomic E-state index is 0.0278. The fourth-order valence-electron chi connectivity index (χ4n) is 3.08. The molecule has 0 bridgehead atoms. The van der Waals surface area contributed by atoms with Gasteiger partial charge in [-0.3, -0.25) is 20.4 Å². The number of hydrogen-bond acceptors (Lipinski definition) is 5. The monoisotopic (exact) mass is 458 g/mol. The maximum atomic E-state index is 12.1. The Bertz CT molecular complexity index is 757. The summed E-state index contributed by atoms with van der Waals surface area (Å²) >= 11 is 13.2. The van der Waals surface area contributed by atoms with Crippen molar-refractivity contribution in [3.05, 3.63) is 40.1 Å². The molecular weight excluding hydrogens is 431 g/mol. The van der Waals surface area contributed by atoms with E-state index in [1.54, 1.807) is 18.2 Å². The number of anilines is 1. The SMILES string of the molecule is CCCCCCCCC1(C)SC(=O)C=C1OCC(=O)NNc1ccc(Cl)cc1Cl. The fourth-order valence-corrected chi connectivity index (χ4v) is 4.61. The van der Waals surface area contributed by atoms with E-state index >= 15 is 0 Å². The highest BCUT2D eigenvalue weighted by atomic mass is 35.5. The molecule has 1 heterocycles. The molecule has 1 aliphatic rings. The van der Waals surface area contributed by atoms with E-state index in [1.165, 1.54) is 43.5 Å². The molecule has 0 fully saturated rings. The molecule has 1 atom stereocenters. The van der Waals surface area contributed by atoms with Crippen LogP contribution in [0.15, 0.2) is 30.0 Å². The van der Waals surface area contributed by atoms with Gasteiger partial charge >= 0.3 is 0 Å². The van der Waals surface area contributed by atoms with Crippen molar-refractivity contribution in [1.29, 1.82) is 0 Å². The number of hydrazine groups is 1. The van der Waals surface area contributed by atoms with Crippen molar-refractivity contribution in [1.82, 2.24) is 5.43 Å².